The predicted octanol–water partition coefficient (Wildman–Crippen LogP) is 3.66. The summed E-state index contributed by atoms with van der Waals surface area (Å²) < 4.78 is 0. The molecular weight excluding hydrogens is 270 g/mol. The van der Waals surface area contributed by atoms with Gasteiger partial charge in [-0.1, -0.05) is 66.7 Å². The second kappa shape index (κ2) is 5.08. The van der Waals surface area contributed by atoms with Crippen molar-refractivity contribution in [2.24, 2.45) is 0 Å². The van der Waals surface area contributed by atoms with E-state index in [1.165, 1.54) is 0 Å². The molecule has 22 heavy (non-hydrogen) atoms. The summed E-state index contributed by atoms with van der Waals surface area (Å²) in [5.74, 6) is 0.0426. The average molecular weight is 287 g/mol. The second-order valence-corrected chi connectivity index (χ2v) is 5.79. The van der Waals surface area contributed by atoms with Gasteiger partial charge in [-0.2, -0.15) is 0 Å². The van der Waals surface area contributed by atoms with E-state index in [1.807, 2.05) is 72.9 Å². The molecule has 1 aliphatic carbocycles. The van der Waals surface area contributed by atoms with Gasteiger partial charge in [0.05, 0.1) is 0 Å². The van der Waals surface area contributed by atoms with E-state index < -0.39 is 5.60 Å². The van der Waals surface area contributed by atoms with Gasteiger partial charge in [0.15, 0.2) is 0 Å². The first-order valence-electron chi connectivity index (χ1n) is 7.57. The number of hydrogen-bond donors (Lipinski definition) is 1. The van der Waals surface area contributed by atoms with Crippen molar-refractivity contribution in [2.45, 2.75) is 17.9 Å². The standard InChI is InChI=1S/C20H17NO/c22-20(15-8-3-1-4-9-15,16-10-5-2-6-11-16)18-14-19-17(18)12-7-13-21-19/h1-13,18,22H,14H2/t18-/m1/s1. The van der Waals surface area contributed by atoms with Crippen LogP contribution in [0.3, 0.4) is 0 Å². The molecular formula is C20H17NO. The molecule has 0 unspecified atom stereocenters. The fourth-order valence-electron chi connectivity index (χ4n) is 3.44. The molecule has 4 rings (SSSR count). The lowest BCUT2D eigenvalue weighted by atomic mass is 9.65. The number of aromatic nitrogens is 1. The third-order valence-electron chi connectivity index (χ3n) is 4.63. The highest BCUT2D eigenvalue weighted by molar-refractivity contribution is 5.47. The number of nitrogens with zero attached hydrogens (tertiary/aromatic N) is 1. The Kier molecular flexibility index (Phi) is 3.05. The maximum atomic E-state index is 11.7. The number of hydrogen-bond acceptors (Lipinski definition) is 2. The van der Waals surface area contributed by atoms with E-state index in [1.54, 1.807) is 0 Å². The lowest BCUT2D eigenvalue weighted by molar-refractivity contribution is 0.0399. The van der Waals surface area contributed by atoms with Crippen molar-refractivity contribution >= 4 is 0 Å². The van der Waals surface area contributed by atoms with Crippen LogP contribution in [0.2, 0.25) is 0 Å². The van der Waals surface area contributed by atoms with Crippen molar-refractivity contribution in [3.8, 4) is 0 Å². The molecule has 0 bridgehead atoms. The molecule has 1 aromatic heterocycles. The van der Waals surface area contributed by atoms with Crippen LogP contribution in [-0.4, -0.2) is 10.1 Å². The van der Waals surface area contributed by atoms with Crippen LogP contribution in [0, 0.1) is 0 Å². The van der Waals surface area contributed by atoms with Crippen LogP contribution in [0.4, 0.5) is 0 Å². The molecule has 2 heteroatoms. The first-order chi connectivity index (χ1) is 10.8. The summed E-state index contributed by atoms with van der Waals surface area (Å²) in [7, 11) is 0. The summed E-state index contributed by atoms with van der Waals surface area (Å²) in [6, 6.07) is 23.9. The third kappa shape index (κ3) is 1.88. The number of fused-ring (bicyclic) bond motifs is 1. The molecule has 0 radical (unpaired) electrons. The normalized spacial score (nSPS) is 16.7. The largest absolute Gasteiger partial charge is 0.380 e. The maximum Gasteiger partial charge on any atom is 0.122 e. The molecule has 1 atom stereocenters. The Hall–Kier alpha value is -2.45. The van der Waals surface area contributed by atoms with E-state index in [-0.39, 0.29) is 5.92 Å². The fraction of sp³-hybridized carbons (Fsp3) is 0.150. The summed E-state index contributed by atoms with van der Waals surface area (Å²) in [5, 5.41) is 11.7. The topological polar surface area (TPSA) is 33.1 Å². The summed E-state index contributed by atoms with van der Waals surface area (Å²) in [4.78, 5) is 4.41. The highest BCUT2D eigenvalue weighted by Crippen LogP contribution is 2.49. The highest BCUT2D eigenvalue weighted by atomic mass is 16.3. The Morgan fingerprint density at radius 1 is 0.818 bits per heavy atom. The van der Waals surface area contributed by atoms with Crippen molar-refractivity contribution in [2.75, 3.05) is 0 Å². The van der Waals surface area contributed by atoms with E-state index in [0.29, 0.717) is 0 Å². The molecule has 3 aromatic rings. The smallest absolute Gasteiger partial charge is 0.122 e. The van der Waals surface area contributed by atoms with Crippen LogP contribution >= 0.6 is 0 Å². The Balaban J connectivity index is 1.88. The van der Waals surface area contributed by atoms with Gasteiger partial charge in [-0.25, -0.2) is 0 Å². The van der Waals surface area contributed by atoms with E-state index in [0.717, 1.165) is 28.8 Å². The van der Waals surface area contributed by atoms with Crippen LogP contribution in [-0.2, 0) is 12.0 Å². The first kappa shape index (κ1) is 13.2. The molecule has 0 fully saturated rings. The van der Waals surface area contributed by atoms with Gasteiger partial charge in [0.1, 0.15) is 5.60 Å². The predicted molar refractivity (Wildman–Crippen MR) is 86.6 cm³/mol. The molecule has 0 aliphatic heterocycles. The van der Waals surface area contributed by atoms with Crippen molar-refractivity contribution in [3.05, 3.63) is 101 Å². The van der Waals surface area contributed by atoms with Gasteiger partial charge in [-0.05, 0) is 22.8 Å². The van der Waals surface area contributed by atoms with E-state index in [2.05, 4.69) is 11.1 Å². The Morgan fingerprint density at radius 2 is 1.41 bits per heavy atom. The van der Waals surface area contributed by atoms with Gasteiger partial charge in [-0.3, -0.25) is 4.98 Å². The van der Waals surface area contributed by atoms with E-state index in [9.17, 15) is 5.11 Å². The molecule has 108 valence electrons. The van der Waals surface area contributed by atoms with Crippen molar-refractivity contribution < 1.29 is 5.11 Å². The zero-order valence-electron chi connectivity index (χ0n) is 12.2. The third-order valence-corrected chi connectivity index (χ3v) is 4.63. The minimum Gasteiger partial charge on any atom is -0.380 e. The minimum absolute atomic E-state index is 0.0426. The molecule has 0 saturated heterocycles. The molecule has 2 nitrogen and oxygen atoms in total. The molecule has 2 aromatic carbocycles. The Labute approximate surface area is 130 Å². The monoisotopic (exact) mass is 287 g/mol. The van der Waals surface area contributed by atoms with Gasteiger partial charge in [0, 0.05) is 24.2 Å². The lowest BCUT2D eigenvalue weighted by Crippen LogP contribution is -2.41. The number of benzene rings is 2. The SMILES string of the molecule is OC(c1ccccc1)(c1ccccc1)[C@@H]1Cc2ncccc21. The van der Waals surface area contributed by atoms with Crippen LogP contribution in [0.25, 0.3) is 0 Å². The van der Waals surface area contributed by atoms with Crippen molar-refractivity contribution in [1.29, 1.82) is 0 Å². The van der Waals surface area contributed by atoms with Crippen LogP contribution < -0.4 is 0 Å². The van der Waals surface area contributed by atoms with Crippen LogP contribution in [0.15, 0.2) is 79.0 Å². The molecule has 0 saturated carbocycles. The summed E-state index contributed by atoms with van der Waals surface area (Å²) in [6.45, 7) is 0. The van der Waals surface area contributed by atoms with Gasteiger partial charge in [0.25, 0.3) is 0 Å². The van der Waals surface area contributed by atoms with Gasteiger partial charge in [-0.15, -0.1) is 0 Å². The van der Waals surface area contributed by atoms with Gasteiger partial charge in [0.2, 0.25) is 0 Å². The van der Waals surface area contributed by atoms with Crippen LogP contribution in [0.5, 0.6) is 0 Å². The zero-order chi connectivity index (χ0) is 15.0. The first-order valence-corrected chi connectivity index (χ1v) is 7.57. The minimum atomic E-state index is -1.02. The summed E-state index contributed by atoms with van der Waals surface area (Å²) >= 11 is 0. The zero-order valence-corrected chi connectivity index (χ0v) is 12.2. The fourth-order valence-corrected chi connectivity index (χ4v) is 3.44. The molecule has 0 spiro atoms. The average Bonchev–Trinajstić information content (AvgIpc) is 2.57. The van der Waals surface area contributed by atoms with Gasteiger partial charge >= 0.3 is 0 Å². The molecule has 1 aliphatic rings. The molecule has 0 amide bonds. The van der Waals surface area contributed by atoms with E-state index >= 15 is 0 Å². The second-order valence-electron chi connectivity index (χ2n) is 5.79. The Morgan fingerprint density at radius 3 is 1.95 bits per heavy atom. The summed E-state index contributed by atoms with van der Waals surface area (Å²) in [5.41, 5.74) is 3.09. The Bertz CT molecular complexity index is 744. The van der Waals surface area contributed by atoms with Gasteiger partial charge < -0.3 is 5.11 Å². The highest BCUT2D eigenvalue weighted by Gasteiger charge is 2.46. The van der Waals surface area contributed by atoms with Crippen molar-refractivity contribution in [1.82, 2.24) is 4.98 Å². The molecule has 1 N–H and O–H groups in total. The number of pyridine rings is 1. The number of aliphatic hydroxyl groups is 1. The maximum absolute atomic E-state index is 11.7. The summed E-state index contributed by atoms with van der Waals surface area (Å²) in [6.07, 6.45) is 2.62. The number of rotatable bonds is 3. The van der Waals surface area contributed by atoms with Crippen molar-refractivity contribution in [3.63, 3.8) is 0 Å². The quantitative estimate of drug-likeness (QED) is 0.797. The van der Waals surface area contributed by atoms with Crippen LogP contribution in [0.1, 0.15) is 28.3 Å². The van der Waals surface area contributed by atoms with E-state index in [4.69, 9.17) is 0 Å². The molecule has 1 heterocycles. The lowest BCUT2D eigenvalue weighted by Gasteiger charge is -2.43.